The van der Waals surface area contributed by atoms with Crippen LogP contribution in [0.3, 0.4) is 0 Å². The molecule has 0 aromatic heterocycles. The molecular formula is C19H16O2. The first-order valence-corrected chi connectivity index (χ1v) is 6.69. The van der Waals surface area contributed by atoms with Crippen LogP contribution in [0.25, 0.3) is 5.57 Å². The van der Waals surface area contributed by atoms with Crippen molar-refractivity contribution in [2.75, 3.05) is 0 Å². The highest BCUT2D eigenvalue weighted by Crippen LogP contribution is 2.21. The highest BCUT2D eigenvalue weighted by Gasteiger charge is 2.22. The number of rotatable bonds is 4. The quantitative estimate of drug-likeness (QED) is 0.687. The van der Waals surface area contributed by atoms with Crippen LogP contribution < -0.4 is 0 Å². The number of allylic oxidation sites excluding steroid dienone is 1. The van der Waals surface area contributed by atoms with Gasteiger partial charge in [-0.05, 0) is 18.6 Å². The van der Waals surface area contributed by atoms with Gasteiger partial charge < -0.3 is 5.11 Å². The topological polar surface area (TPSA) is 37.3 Å². The Kier molecular flexibility index (Phi) is 5.09. The molecule has 21 heavy (non-hydrogen) atoms. The minimum atomic E-state index is -1.23. The molecule has 2 aromatic rings. The third-order valence-corrected chi connectivity index (χ3v) is 3.08. The summed E-state index contributed by atoms with van der Waals surface area (Å²) in [4.78, 5) is 12.4. The van der Waals surface area contributed by atoms with Crippen LogP contribution in [0.15, 0.2) is 66.7 Å². The van der Waals surface area contributed by atoms with E-state index in [9.17, 15) is 9.90 Å². The number of hydrogen-bond donors (Lipinski definition) is 1. The Morgan fingerprint density at radius 3 is 2.05 bits per heavy atom. The van der Waals surface area contributed by atoms with Crippen molar-refractivity contribution < 1.29 is 9.90 Å². The van der Waals surface area contributed by atoms with Crippen LogP contribution in [0.1, 0.15) is 22.8 Å². The van der Waals surface area contributed by atoms with E-state index in [1.807, 2.05) is 36.4 Å². The zero-order valence-electron chi connectivity index (χ0n) is 11.8. The standard InChI is InChI=1S/C19H16O2/c1-2-3-14-17(15-10-6-4-7-11-15)19(21)18(20)16-12-8-5-9-13-16/h4-14,19,21H,1H3/b17-14+/t19-/m1/s1. The van der Waals surface area contributed by atoms with Crippen molar-refractivity contribution >= 4 is 11.4 Å². The van der Waals surface area contributed by atoms with Gasteiger partial charge in [-0.3, -0.25) is 4.79 Å². The molecule has 2 heteroatoms. The van der Waals surface area contributed by atoms with Gasteiger partial charge in [0.15, 0.2) is 5.78 Å². The number of hydrogen-bond acceptors (Lipinski definition) is 2. The fraction of sp³-hybridized carbons (Fsp3) is 0.105. The van der Waals surface area contributed by atoms with Crippen LogP contribution in [-0.4, -0.2) is 17.0 Å². The number of carbonyl (C=O) groups is 1. The Labute approximate surface area is 124 Å². The van der Waals surface area contributed by atoms with Crippen LogP contribution >= 0.6 is 0 Å². The molecule has 0 aliphatic heterocycles. The zero-order chi connectivity index (χ0) is 15.1. The lowest BCUT2D eigenvalue weighted by Gasteiger charge is -2.14. The highest BCUT2D eigenvalue weighted by molar-refractivity contribution is 6.06. The fourth-order valence-electron chi connectivity index (χ4n) is 2.00. The molecule has 1 N–H and O–H groups in total. The monoisotopic (exact) mass is 276 g/mol. The number of Topliss-reactive ketones (excluding diaryl/α,β-unsaturated/α-hetero) is 1. The van der Waals surface area contributed by atoms with Gasteiger partial charge in [0.25, 0.3) is 0 Å². The van der Waals surface area contributed by atoms with E-state index in [1.165, 1.54) is 0 Å². The highest BCUT2D eigenvalue weighted by atomic mass is 16.3. The molecule has 0 fully saturated rings. The average Bonchev–Trinajstić information content (AvgIpc) is 2.56. The van der Waals surface area contributed by atoms with Crippen molar-refractivity contribution in [3.05, 3.63) is 77.9 Å². The van der Waals surface area contributed by atoms with E-state index >= 15 is 0 Å². The maximum atomic E-state index is 12.4. The lowest BCUT2D eigenvalue weighted by atomic mass is 9.94. The van der Waals surface area contributed by atoms with Crippen molar-refractivity contribution in [2.24, 2.45) is 0 Å². The number of ketones is 1. The van der Waals surface area contributed by atoms with Crippen molar-refractivity contribution in [1.29, 1.82) is 0 Å². The smallest absolute Gasteiger partial charge is 0.195 e. The Morgan fingerprint density at radius 2 is 1.52 bits per heavy atom. The molecule has 0 saturated heterocycles. The van der Waals surface area contributed by atoms with E-state index in [4.69, 9.17) is 0 Å². The van der Waals surface area contributed by atoms with Gasteiger partial charge in [0.1, 0.15) is 6.10 Å². The maximum Gasteiger partial charge on any atom is 0.195 e. The summed E-state index contributed by atoms with van der Waals surface area (Å²) in [6.45, 7) is 1.71. The molecule has 0 bridgehead atoms. The maximum absolute atomic E-state index is 12.4. The van der Waals surface area contributed by atoms with Gasteiger partial charge in [0.05, 0.1) is 0 Å². The normalized spacial score (nSPS) is 12.2. The lowest BCUT2D eigenvalue weighted by molar-refractivity contribution is 0.0833. The van der Waals surface area contributed by atoms with Gasteiger partial charge >= 0.3 is 0 Å². The van der Waals surface area contributed by atoms with E-state index in [0.717, 1.165) is 5.56 Å². The molecule has 0 amide bonds. The second-order valence-electron chi connectivity index (χ2n) is 4.49. The summed E-state index contributed by atoms with van der Waals surface area (Å²) in [7, 11) is 0. The van der Waals surface area contributed by atoms with Crippen LogP contribution in [0, 0.1) is 11.8 Å². The summed E-state index contributed by atoms with van der Waals surface area (Å²) in [6.07, 6.45) is 0.372. The molecule has 1 atom stereocenters. The average molecular weight is 276 g/mol. The Hall–Kier alpha value is -2.63. The van der Waals surface area contributed by atoms with Crippen molar-refractivity contribution in [1.82, 2.24) is 0 Å². The van der Waals surface area contributed by atoms with Gasteiger partial charge in [0, 0.05) is 11.1 Å². The van der Waals surface area contributed by atoms with Gasteiger partial charge in [-0.15, -0.1) is 5.92 Å². The number of aliphatic hydroxyl groups is 1. The van der Waals surface area contributed by atoms with Crippen molar-refractivity contribution in [3.8, 4) is 11.8 Å². The molecule has 0 aliphatic carbocycles. The number of carbonyl (C=O) groups excluding carboxylic acids is 1. The Balaban J connectivity index is 2.37. The molecule has 2 rings (SSSR count). The predicted molar refractivity (Wildman–Crippen MR) is 84.6 cm³/mol. The van der Waals surface area contributed by atoms with Gasteiger partial charge in [-0.1, -0.05) is 66.6 Å². The largest absolute Gasteiger partial charge is 0.380 e. The second kappa shape index (κ2) is 7.23. The summed E-state index contributed by atoms with van der Waals surface area (Å²) in [5.74, 6) is 5.23. The van der Waals surface area contributed by atoms with Crippen LogP contribution in [0.4, 0.5) is 0 Å². The summed E-state index contributed by atoms with van der Waals surface area (Å²) < 4.78 is 0. The van der Waals surface area contributed by atoms with Crippen molar-refractivity contribution in [2.45, 2.75) is 13.0 Å². The number of aliphatic hydroxyl groups excluding tert-OH is 1. The van der Waals surface area contributed by atoms with Gasteiger partial charge in [0.2, 0.25) is 0 Å². The fourth-order valence-corrected chi connectivity index (χ4v) is 2.00. The van der Waals surface area contributed by atoms with Crippen LogP contribution in [0.2, 0.25) is 0 Å². The van der Waals surface area contributed by atoms with E-state index in [1.54, 1.807) is 37.3 Å². The summed E-state index contributed by atoms with van der Waals surface area (Å²) >= 11 is 0. The molecule has 0 aliphatic rings. The van der Waals surface area contributed by atoms with E-state index < -0.39 is 6.10 Å². The minimum Gasteiger partial charge on any atom is -0.380 e. The lowest BCUT2D eigenvalue weighted by Crippen LogP contribution is -2.22. The van der Waals surface area contributed by atoms with Gasteiger partial charge in [-0.2, -0.15) is 0 Å². The van der Waals surface area contributed by atoms with Crippen LogP contribution in [0.5, 0.6) is 0 Å². The Bertz CT molecular complexity index is 689. The first-order chi connectivity index (χ1) is 10.2. The summed E-state index contributed by atoms with van der Waals surface area (Å²) in [5.41, 5.74) is 1.78. The summed E-state index contributed by atoms with van der Waals surface area (Å²) in [6, 6.07) is 18.1. The molecule has 0 unspecified atom stereocenters. The molecule has 2 nitrogen and oxygen atoms in total. The molecule has 0 spiro atoms. The molecule has 104 valence electrons. The zero-order valence-corrected chi connectivity index (χ0v) is 11.8. The first-order valence-electron chi connectivity index (χ1n) is 6.69. The predicted octanol–water partition coefficient (Wildman–Crippen LogP) is 3.34. The summed E-state index contributed by atoms with van der Waals surface area (Å²) in [5, 5.41) is 10.4. The van der Waals surface area contributed by atoms with Gasteiger partial charge in [-0.25, -0.2) is 0 Å². The third-order valence-electron chi connectivity index (χ3n) is 3.08. The first kappa shape index (κ1) is 14.8. The van der Waals surface area contributed by atoms with E-state index in [-0.39, 0.29) is 5.78 Å². The minimum absolute atomic E-state index is 0.330. The molecular weight excluding hydrogens is 260 g/mol. The van der Waals surface area contributed by atoms with E-state index in [2.05, 4.69) is 11.8 Å². The Morgan fingerprint density at radius 1 is 1.00 bits per heavy atom. The third kappa shape index (κ3) is 3.68. The molecule has 0 saturated carbocycles. The molecule has 0 radical (unpaired) electrons. The molecule has 2 aromatic carbocycles. The van der Waals surface area contributed by atoms with Crippen molar-refractivity contribution in [3.63, 3.8) is 0 Å². The SMILES string of the molecule is CC#C/C=C(\c1ccccc1)[C@@H](O)C(=O)c1ccccc1. The van der Waals surface area contributed by atoms with Crippen LogP contribution in [-0.2, 0) is 0 Å². The molecule has 0 heterocycles. The second-order valence-corrected chi connectivity index (χ2v) is 4.49. The van der Waals surface area contributed by atoms with E-state index in [0.29, 0.717) is 11.1 Å². The number of benzene rings is 2.